The van der Waals surface area contributed by atoms with Gasteiger partial charge in [-0.3, -0.25) is 0 Å². The molecule has 1 heterocycles. The van der Waals surface area contributed by atoms with Gasteiger partial charge in [0.2, 0.25) is 0 Å². The molecule has 0 bridgehead atoms. The van der Waals surface area contributed by atoms with Crippen molar-refractivity contribution in [2.24, 2.45) is 0 Å². The fraction of sp³-hybridized carbons (Fsp3) is 0.500. The van der Waals surface area contributed by atoms with Crippen LogP contribution in [0.3, 0.4) is 0 Å². The average Bonchev–Trinajstić information content (AvgIpc) is 2.43. The third-order valence-corrected chi connectivity index (χ3v) is 3.72. The molecule has 0 spiro atoms. The third-order valence-electron chi connectivity index (χ3n) is 3.72. The molecule has 19 heavy (non-hydrogen) atoms. The Morgan fingerprint density at radius 3 is 2.32 bits per heavy atom. The highest BCUT2D eigenvalue weighted by molar-refractivity contribution is 5.74. The van der Waals surface area contributed by atoms with Crippen LogP contribution >= 0.6 is 0 Å². The van der Waals surface area contributed by atoms with E-state index < -0.39 is 0 Å². The number of likely N-dealkylation sites (N-methyl/N-ethyl adjacent to an activating group) is 1. The summed E-state index contributed by atoms with van der Waals surface area (Å²) in [6.45, 7) is 9.65. The van der Waals surface area contributed by atoms with E-state index in [1.54, 1.807) is 0 Å². The molecule has 0 radical (unpaired) electrons. The molecule has 3 heteroatoms. The van der Waals surface area contributed by atoms with Crippen molar-refractivity contribution in [1.82, 2.24) is 15.3 Å². The smallest absolute Gasteiger partial charge is 0.0890 e. The van der Waals surface area contributed by atoms with Crippen LogP contribution in [0.25, 0.3) is 11.0 Å². The summed E-state index contributed by atoms with van der Waals surface area (Å²) in [6, 6.07) is 8.53. The molecule has 1 N–H and O–H groups in total. The van der Waals surface area contributed by atoms with Crippen molar-refractivity contribution in [2.75, 3.05) is 6.54 Å². The second-order valence-corrected chi connectivity index (χ2v) is 5.04. The minimum atomic E-state index is 0.377. The lowest BCUT2D eigenvalue weighted by Gasteiger charge is -2.24. The van der Waals surface area contributed by atoms with E-state index in [1.165, 1.54) is 0 Å². The largest absolute Gasteiger partial charge is 0.314 e. The zero-order chi connectivity index (χ0) is 13.8. The Morgan fingerprint density at radius 2 is 1.74 bits per heavy atom. The van der Waals surface area contributed by atoms with Crippen LogP contribution in [0.2, 0.25) is 0 Å². The second kappa shape index (κ2) is 6.11. The van der Waals surface area contributed by atoms with Gasteiger partial charge in [-0.15, -0.1) is 0 Å². The topological polar surface area (TPSA) is 37.8 Å². The normalized spacial score (nSPS) is 14.5. The Labute approximate surface area is 115 Å². The summed E-state index contributed by atoms with van der Waals surface area (Å²) in [6.07, 6.45) is 1.10. The van der Waals surface area contributed by atoms with Crippen LogP contribution in [-0.2, 0) is 0 Å². The minimum Gasteiger partial charge on any atom is -0.314 e. The van der Waals surface area contributed by atoms with E-state index in [0.717, 1.165) is 35.4 Å². The summed E-state index contributed by atoms with van der Waals surface area (Å²) in [7, 11) is 0. The lowest BCUT2D eigenvalue weighted by atomic mass is 9.94. The molecular weight excluding hydrogens is 234 g/mol. The van der Waals surface area contributed by atoms with Crippen LogP contribution in [0.4, 0.5) is 0 Å². The number of rotatable bonds is 5. The lowest BCUT2D eigenvalue weighted by Crippen LogP contribution is -2.33. The number of hydrogen-bond donors (Lipinski definition) is 1. The number of nitrogens with zero attached hydrogens (tertiary/aromatic N) is 2. The maximum Gasteiger partial charge on any atom is 0.0890 e. The molecule has 0 aliphatic heterocycles. The predicted molar refractivity (Wildman–Crippen MR) is 80.4 cm³/mol. The monoisotopic (exact) mass is 257 g/mol. The highest BCUT2D eigenvalue weighted by Gasteiger charge is 2.20. The fourth-order valence-electron chi connectivity index (χ4n) is 2.66. The van der Waals surface area contributed by atoms with E-state index >= 15 is 0 Å². The molecule has 1 aromatic carbocycles. The van der Waals surface area contributed by atoms with E-state index in [4.69, 9.17) is 4.98 Å². The van der Waals surface area contributed by atoms with Gasteiger partial charge in [0.05, 0.1) is 22.4 Å². The van der Waals surface area contributed by atoms with E-state index in [9.17, 15) is 0 Å². The zero-order valence-electron chi connectivity index (χ0n) is 12.3. The Kier molecular flexibility index (Phi) is 4.48. The molecule has 2 aromatic rings. The number of fused-ring (bicyclic) bond motifs is 1. The molecule has 102 valence electrons. The molecule has 0 aliphatic rings. The quantitative estimate of drug-likeness (QED) is 0.891. The van der Waals surface area contributed by atoms with Crippen molar-refractivity contribution in [2.45, 2.75) is 46.1 Å². The Morgan fingerprint density at radius 1 is 1.11 bits per heavy atom. The number of aryl methyl sites for hydroxylation is 1. The van der Waals surface area contributed by atoms with Crippen molar-refractivity contribution in [1.29, 1.82) is 0 Å². The summed E-state index contributed by atoms with van der Waals surface area (Å²) in [5, 5.41) is 3.54. The van der Waals surface area contributed by atoms with Gasteiger partial charge in [0.15, 0.2) is 0 Å². The Hall–Kier alpha value is -1.48. The van der Waals surface area contributed by atoms with Crippen molar-refractivity contribution in [3.05, 3.63) is 35.7 Å². The molecule has 0 saturated heterocycles. The van der Waals surface area contributed by atoms with Crippen LogP contribution in [0, 0.1) is 6.92 Å². The van der Waals surface area contributed by atoms with Crippen LogP contribution < -0.4 is 5.32 Å². The first-order valence-electron chi connectivity index (χ1n) is 7.14. The maximum absolute atomic E-state index is 4.82. The van der Waals surface area contributed by atoms with Gasteiger partial charge in [-0.05, 0) is 32.0 Å². The number of aromatic nitrogens is 2. The number of para-hydroxylation sites is 2. The summed E-state index contributed by atoms with van der Waals surface area (Å²) >= 11 is 0. The summed E-state index contributed by atoms with van der Waals surface area (Å²) in [4.78, 5) is 9.51. The van der Waals surface area contributed by atoms with E-state index in [2.05, 4.69) is 38.0 Å². The maximum atomic E-state index is 4.82. The van der Waals surface area contributed by atoms with Gasteiger partial charge < -0.3 is 5.32 Å². The van der Waals surface area contributed by atoms with E-state index in [1.807, 2.05) is 24.3 Å². The molecule has 2 unspecified atom stereocenters. The van der Waals surface area contributed by atoms with Gasteiger partial charge in [-0.1, -0.05) is 32.9 Å². The van der Waals surface area contributed by atoms with Crippen molar-refractivity contribution in [3.8, 4) is 0 Å². The predicted octanol–water partition coefficient (Wildman–Crippen LogP) is 3.43. The average molecular weight is 257 g/mol. The standard InChI is InChI=1S/C16H23N3/c1-5-13(17-6-2)11(3)16-12(4)18-14-9-7-8-10-15(14)19-16/h7-11,13,17H,5-6H2,1-4H3. The number of benzene rings is 1. The molecular formula is C16H23N3. The Balaban J connectivity index is 2.40. The highest BCUT2D eigenvalue weighted by Crippen LogP contribution is 2.23. The van der Waals surface area contributed by atoms with Crippen LogP contribution in [-0.4, -0.2) is 22.6 Å². The van der Waals surface area contributed by atoms with Gasteiger partial charge in [0.25, 0.3) is 0 Å². The molecule has 3 nitrogen and oxygen atoms in total. The fourth-order valence-corrected chi connectivity index (χ4v) is 2.66. The Bertz CT molecular complexity index is 551. The van der Waals surface area contributed by atoms with Gasteiger partial charge in [0.1, 0.15) is 0 Å². The molecule has 0 fully saturated rings. The number of hydrogen-bond acceptors (Lipinski definition) is 3. The van der Waals surface area contributed by atoms with Gasteiger partial charge in [0, 0.05) is 12.0 Å². The van der Waals surface area contributed by atoms with Crippen LogP contribution in [0.15, 0.2) is 24.3 Å². The molecule has 0 aliphatic carbocycles. The van der Waals surface area contributed by atoms with Gasteiger partial charge in [-0.2, -0.15) is 0 Å². The molecule has 2 atom stereocenters. The molecule has 2 rings (SSSR count). The van der Waals surface area contributed by atoms with Crippen LogP contribution in [0.5, 0.6) is 0 Å². The minimum absolute atomic E-state index is 0.377. The second-order valence-electron chi connectivity index (χ2n) is 5.04. The lowest BCUT2D eigenvalue weighted by molar-refractivity contribution is 0.441. The summed E-state index contributed by atoms with van der Waals surface area (Å²) in [5.74, 6) is 0.377. The van der Waals surface area contributed by atoms with Crippen molar-refractivity contribution in [3.63, 3.8) is 0 Å². The molecule has 1 aromatic heterocycles. The van der Waals surface area contributed by atoms with Gasteiger partial charge >= 0.3 is 0 Å². The SMILES string of the molecule is CCNC(CC)C(C)c1nc2ccccc2nc1C. The van der Waals surface area contributed by atoms with Gasteiger partial charge in [-0.25, -0.2) is 9.97 Å². The third kappa shape index (κ3) is 2.92. The van der Waals surface area contributed by atoms with Crippen LogP contribution in [0.1, 0.15) is 44.5 Å². The first kappa shape index (κ1) is 13.9. The van der Waals surface area contributed by atoms with E-state index in [0.29, 0.717) is 12.0 Å². The van der Waals surface area contributed by atoms with E-state index in [-0.39, 0.29) is 0 Å². The van der Waals surface area contributed by atoms with Crippen molar-refractivity contribution < 1.29 is 0 Å². The van der Waals surface area contributed by atoms with Crippen molar-refractivity contribution >= 4 is 11.0 Å². The summed E-state index contributed by atoms with van der Waals surface area (Å²) < 4.78 is 0. The molecule has 0 amide bonds. The highest BCUT2D eigenvalue weighted by atomic mass is 14.9. The first-order chi connectivity index (χ1) is 9.17. The molecule has 0 saturated carbocycles. The summed E-state index contributed by atoms with van der Waals surface area (Å²) in [5.41, 5.74) is 4.13. The number of nitrogens with one attached hydrogen (secondary N) is 1. The zero-order valence-corrected chi connectivity index (χ0v) is 12.3. The first-order valence-corrected chi connectivity index (χ1v) is 7.14.